The van der Waals surface area contributed by atoms with Crippen molar-refractivity contribution in [1.82, 2.24) is 4.98 Å². The Bertz CT molecular complexity index is 1350. The fourth-order valence-electron chi connectivity index (χ4n) is 2.99. The summed E-state index contributed by atoms with van der Waals surface area (Å²) in [4.78, 5) is 16.5. The van der Waals surface area contributed by atoms with E-state index in [0.717, 1.165) is 5.56 Å². The van der Waals surface area contributed by atoms with Crippen molar-refractivity contribution >= 4 is 21.7 Å². The van der Waals surface area contributed by atoms with Gasteiger partial charge >= 0.3 is 5.97 Å². The number of hydrogen-bond donors (Lipinski definition) is 1. The first kappa shape index (κ1) is 22.1. The molecule has 0 saturated heterocycles. The van der Waals surface area contributed by atoms with Gasteiger partial charge in [0.1, 0.15) is 5.75 Å². The Balaban J connectivity index is 1.42. The summed E-state index contributed by atoms with van der Waals surface area (Å²) in [7, 11) is -2.39. The van der Waals surface area contributed by atoms with Gasteiger partial charge in [-0.25, -0.2) is 18.2 Å². The van der Waals surface area contributed by atoms with E-state index in [4.69, 9.17) is 13.9 Å². The second-order valence-electron chi connectivity index (χ2n) is 6.92. The van der Waals surface area contributed by atoms with Gasteiger partial charge in [-0.15, -0.1) is 0 Å². The zero-order chi connectivity index (χ0) is 23.3. The zero-order valence-corrected chi connectivity index (χ0v) is 18.4. The molecule has 0 aliphatic heterocycles. The molecule has 1 N–H and O–H groups in total. The third kappa shape index (κ3) is 5.39. The van der Waals surface area contributed by atoms with Crippen LogP contribution in [0.4, 0.5) is 5.69 Å². The molecule has 0 fully saturated rings. The number of ether oxygens (including phenoxy) is 2. The number of nitrogens with zero attached hydrogens (tertiary/aromatic N) is 1. The van der Waals surface area contributed by atoms with E-state index in [1.807, 2.05) is 30.3 Å². The number of aromatic nitrogens is 1. The van der Waals surface area contributed by atoms with Crippen molar-refractivity contribution in [2.75, 3.05) is 11.8 Å². The van der Waals surface area contributed by atoms with Crippen molar-refractivity contribution in [1.29, 1.82) is 0 Å². The Morgan fingerprint density at radius 3 is 2.48 bits per heavy atom. The van der Waals surface area contributed by atoms with Gasteiger partial charge in [-0.2, -0.15) is 0 Å². The number of oxazole rings is 1. The average Bonchev–Trinajstić information content (AvgIpc) is 3.32. The Kier molecular flexibility index (Phi) is 6.41. The van der Waals surface area contributed by atoms with Gasteiger partial charge in [-0.05, 0) is 42.5 Å². The Morgan fingerprint density at radius 1 is 1.00 bits per heavy atom. The Labute approximate surface area is 190 Å². The molecule has 33 heavy (non-hydrogen) atoms. The molecule has 4 aromatic rings. The van der Waals surface area contributed by atoms with E-state index in [1.165, 1.54) is 31.4 Å². The van der Waals surface area contributed by atoms with Crippen LogP contribution in [0, 0.1) is 0 Å². The molecule has 9 heteroatoms. The van der Waals surface area contributed by atoms with E-state index in [2.05, 4.69) is 9.71 Å². The molecule has 0 unspecified atom stereocenters. The lowest BCUT2D eigenvalue weighted by Gasteiger charge is -2.10. The monoisotopic (exact) mass is 464 g/mol. The summed E-state index contributed by atoms with van der Waals surface area (Å²) in [6.07, 6.45) is 1.55. The third-order valence-electron chi connectivity index (χ3n) is 4.66. The molecule has 3 aromatic carbocycles. The summed E-state index contributed by atoms with van der Waals surface area (Å²) in [6.45, 7) is -0.188. The molecule has 4 rings (SSSR count). The van der Waals surface area contributed by atoms with Crippen molar-refractivity contribution in [3.8, 4) is 17.1 Å². The number of hydrogen-bond acceptors (Lipinski definition) is 7. The molecule has 0 spiro atoms. The molecule has 0 aliphatic carbocycles. The number of esters is 1. The normalized spacial score (nSPS) is 11.1. The lowest BCUT2D eigenvalue weighted by molar-refractivity contribution is 0.0438. The van der Waals surface area contributed by atoms with E-state index >= 15 is 0 Å². The smallest absolute Gasteiger partial charge is 0.338 e. The first-order valence-electron chi connectivity index (χ1n) is 9.89. The van der Waals surface area contributed by atoms with E-state index in [1.54, 1.807) is 30.5 Å². The molecule has 1 aromatic heterocycles. The zero-order valence-electron chi connectivity index (χ0n) is 17.6. The van der Waals surface area contributed by atoms with Gasteiger partial charge in [0, 0.05) is 11.3 Å². The maximum absolute atomic E-state index is 12.7. The molecule has 0 saturated carbocycles. The van der Waals surface area contributed by atoms with Crippen molar-refractivity contribution in [3.05, 3.63) is 96.5 Å². The van der Waals surface area contributed by atoms with Crippen LogP contribution in [0.15, 0.2) is 94.4 Å². The van der Waals surface area contributed by atoms with Crippen LogP contribution in [0.1, 0.15) is 16.2 Å². The van der Waals surface area contributed by atoms with Crippen LogP contribution in [0.5, 0.6) is 5.75 Å². The predicted molar refractivity (Wildman–Crippen MR) is 121 cm³/mol. The van der Waals surface area contributed by atoms with Crippen LogP contribution in [-0.2, 0) is 21.4 Å². The van der Waals surface area contributed by atoms with Crippen LogP contribution < -0.4 is 9.46 Å². The summed E-state index contributed by atoms with van der Waals surface area (Å²) in [6, 6.07) is 21.4. The van der Waals surface area contributed by atoms with Crippen molar-refractivity contribution < 1.29 is 27.1 Å². The van der Waals surface area contributed by atoms with Gasteiger partial charge < -0.3 is 13.9 Å². The van der Waals surface area contributed by atoms with Gasteiger partial charge in [0.15, 0.2) is 12.4 Å². The molecule has 1 heterocycles. The van der Waals surface area contributed by atoms with Crippen LogP contribution in [0.3, 0.4) is 0 Å². The summed E-state index contributed by atoms with van der Waals surface area (Å²) >= 11 is 0. The van der Waals surface area contributed by atoms with Gasteiger partial charge in [0.2, 0.25) is 5.89 Å². The maximum Gasteiger partial charge on any atom is 0.338 e. The maximum atomic E-state index is 12.7. The molecular weight excluding hydrogens is 444 g/mol. The molecular formula is C24H20N2O6S. The number of anilines is 1. The summed E-state index contributed by atoms with van der Waals surface area (Å²) in [5.41, 5.74) is 1.30. The van der Waals surface area contributed by atoms with Crippen LogP contribution in [0.2, 0.25) is 0 Å². The standard InChI is InChI=1S/C24H20N2O6S/c1-30-20-12-10-19(11-13-20)26-33(28,29)21-9-5-8-18(14-21)24(27)31-16-23-25-15-22(32-23)17-6-3-2-4-7-17/h2-15,26H,16H2,1H3. The van der Waals surface area contributed by atoms with E-state index in [0.29, 0.717) is 17.2 Å². The predicted octanol–water partition coefficient (Wildman–Crippen LogP) is 4.51. The summed E-state index contributed by atoms with van der Waals surface area (Å²) < 4.78 is 43.9. The molecule has 8 nitrogen and oxygen atoms in total. The van der Waals surface area contributed by atoms with Gasteiger partial charge in [0.25, 0.3) is 10.0 Å². The highest BCUT2D eigenvalue weighted by Gasteiger charge is 2.18. The van der Waals surface area contributed by atoms with Crippen LogP contribution in [0.25, 0.3) is 11.3 Å². The van der Waals surface area contributed by atoms with Gasteiger partial charge in [-0.1, -0.05) is 36.4 Å². The Hall–Kier alpha value is -4.11. The molecule has 168 valence electrons. The number of nitrogens with one attached hydrogen (secondary N) is 1. The van der Waals surface area contributed by atoms with Crippen LogP contribution in [-0.4, -0.2) is 26.5 Å². The van der Waals surface area contributed by atoms with Crippen molar-refractivity contribution in [2.45, 2.75) is 11.5 Å². The molecule has 0 aliphatic rings. The van der Waals surface area contributed by atoms with Crippen LogP contribution >= 0.6 is 0 Å². The number of carbonyl (C=O) groups excluding carboxylic acids is 1. The number of sulfonamides is 1. The summed E-state index contributed by atoms with van der Waals surface area (Å²) in [5, 5.41) is 0. The first-order valence-corrected chi connectivity index (χ1v) is 11.4. The highest BCUT2D eigenvalue weighted by Crippen LogP contribution is 2.22. The van der Waals surface area contributed by atoms with Crippen molar-refractivity contribution in [2.24, 2.45) is 0 Å². The lowest BCUT2D eigenvalue weighted by atomic mass is 10.2. The largest absolute Gasteiger partial charge is 0.497 e. The Morgan fingerprint density at radius 2 is 1.76 bits per heavy atom. The minimum Gasteiger partial charge on any atom is -0.497 e. The van der Waals surface area contributed by atoms with Crippen molar-refractivity contribution in [3.63, 3.8) is 0 Å². The highest BCUT2D eigenvalue weighted by atomic mass is 32.2. The van der Waals surface area contributed by atoms with E-state index < -0.39 is 16.0 Å². The highest BCUT2D eigenvalue weighted by molar-refractivity contribution is 7.92. The van der Waals surface area contributed by atoms with Gasteiger partial charge in [0.05, 0.1) is 23.8 Å². The molecule has 0 radical (unpaired) electrons. The fourth-order valence-corrected chi connectivity index (χ4v) is 4.09. The first-order chi connectivity index (χ1) is 15.9. The number of carbonyl (C=O) groups is 1. The number of methoxy groups -OCH3 is 1. The average molecular weight is 464 g/mol. The minimum atomic E-state index is -3.91. The van der Waals surface area contributed by atoms with Gasteiger partial charge in [-0.3, -0.25) is 4.72 Å². The minimum absolute atomic E-state index is 0.0738. The molecule has 0 atom stereocenters. The van der Waals surface area contributed by atoms with E-state index in [9.17, 15) is 13.2 Å². The summed E-state index contributed by atoms with van der Waals surface area (Å²) in [5.74, 6) is 0.687. The fraction of sp³-hybridized carbons (Fsp3) is 0.0833. The third-order valence-corrected chi connectivity index (χ3v) is 6.04. The lowest BCUT2D eigenvalue weighted by Crippen LogP contribution is -2.14. The second-order valence-corrected chi connectivity index (χ2v) is 8.60. The number of rotatable bonds is 8. The molecule has 0 amide bonds. The second kappa shape index (κ2) is 9.58. The number of benzene rings is 3. The topological polar surface area (TPSA) is 108 Å². The molecule has 0 bridgehead atoms. The quantitative estimate of drug-likeness (QED) is 0.382. The van der Waals surface area contributed by atoms with E-state index in [-0.39, 0.29) is 23.0 Å². The SMILES string of the molecule is COc1ccc(NS(=O)(=O)c2cccc(C(=O)OCc3ncc(-c4ccccc4)o3)c2)cc1.